The minimum Gasteiger partial charge on any atom is -0.369 e. The molecule has 4 amide bonds. The van der Waals surface area contributed by atoms with E-state index in [0.717, 1.165) is 84.9 Å². The summed E-state index contributed by atoms with van der Waals surface area (Å²) in [5.74, 6) is -5.67. The highest BCUT2D eigenvalue weighted by molar-refractivity contribution is 7.92. The molecule has 0 aliphatic heterocycles. The van der Waals surface area contributed by atoms with Crippen molar-refractivity contribution >= 4 is 87.1 Å². The standard InChI is InChI=1S/C32H28N4O14S4/c33-29(37)17-51(41,42)25-11-5-21(6-12-25)31(39)35-23-9-3-19(27(15-23)53(45,46)47)1-2-20-4-10-24(16-28(20)54(48,49)50)36-32(40)22-7-13-26(14-8-22)52(43,44)18-30(34)38/h1-16H,17-18H2,(H2,33,37)(H2,34,38)(H,35,39)(H,36,40)(H,45,46,47)(H,48,49,50)/b2-1+. The molecule has 0 saturated carbocycles. The Morgan fingerprint density at radius 2 is 0.833 bits per heavy atom. The maximum atomic E-state index is 12.8. The van der Waals surface area contributed by atoms with Crippen molar-refractivity contribution in [2.45, 2.75) is 19.6 Å². The zero-order valence-electron chi connectivity index (χ0n) is 27.2. The SMILES string of the molecule is NC(=O)CS(=O)(=O)c1ccc(C(=O)Nc2ccc(/C=C/c3ccc(NC(=O)c4ccc(S(=O)(=O)CC(N)=O)cc4)cc3S(=O)(=O)O)c(S(=O)(=O)O)c2)cc1. The Labute approximate surface area is 308 Å². The van der Waals surface area contributed by atoms with Gasteiger partial charge in [-0.15, -0.1) is 0 Å². The van der Waals surface area contributed by atoms with Crippen molar-refractivity contribution in [2.24, 2.45) is 11.5 Å². The largest absolute Gasteiger partial charge is 0.369 e. The molecule has 0 heterocycles. The Bertz CT molecular complexity index is 2470. The molecule has 0 unspecified atom stereocenters. The average molecular weight is 821 g/mol. The molecule has 0 radical (unpaired) electrons. The fourth-order valence-electron chi connectivity index (χ4n) is 4.70. The molecule has 0 aliphatic carbocycles. The third-order valence-corrected chi connectivity index (χ3v) is 12.3. The van der Waals surface area contributed by atoms with Crippen LogP contribution in [-0.2, 0) is 49.5 Å². The number of primary amides is 2. The lowest BCUT2D eigenvalue weighted by molar-refractivity contribution is -0.116. The predicted molar refractivity (Wildman–Crippen MR) is 193 cm³/mol. The molecule has 18 nitrogen and oxygen atoms in total. The smallest absolute Gasteiger partial charge is 0.295 e. The highest BCUT2D eigenvalue weighted by atomic mass is 32.2. The minimum atomic E-state index is -4.97. The molecule has 0 aliphatic rings. The van der Waals surface area contributed by atoms with Gasteiger partial charge in [-0.3, -0.25) is 28.3 Å². The third kappa shape index (κ3) is 10.4. The Morgan fingerprint density at radius 3 is 1.11 bits per heavy atom. The molecule has 0 saturated heterocycles. The van der Waals surface area contributed by atoms with Crippen LogP contribution in [-0.4, -0.2) is 77.9 Å². The quantitative estimate of drug-likeness (QED) is 0.0773. The first-order chi connectivity index (χ1) is 25.0. The molecule has 0 fully saturated rings. The van der Waals surface area contributed by atoms with Crippen LogP contribution in [0.3, 0.4) is 0 Å². The van der Waals surface area contributed by atoms with E-state index in [-0.39, 0.29) is 43.4 Å². The van der Waals surface area contributed by atoms with Gasteiger partial charge in [0.05, 0.1) is 9.79 Å². The van der Waals surface area contributed by atoms with Gasteiger partial charge in [0, 0.05) is 22.5 Å². The minimum absolute atomic E-state index is 0.0618. The summed E-state index contributed by atoms with van der Waals surface area (Å²) in [6.07, 6.45) is 2.16. The molecule has 4 aromatic rings. The van der Waals surface area contributed by atoms with E-state index in [9.17, 15) is 62.0 Å². The van der Waals surface area contributed by atoms with Crippen molar-refractivity contribution in [3.05, 3.63) is 107 Å². The van der Waals surface area contributed by atoms with Gasteiger partial charge >= 0.3 is 0 Å². The van der Waals surface area contributed by atoms with E-state index in [1.165, 1.54) is 12.1 Å². The Balaban J connectivity index is 1.57. The topological polar surface area (TPSA) is 321 Å². The van der Waals surface area contributed by atoms with Crippen LogP contribution in [0.2, 0.25) is 0 Å². The lowest BCUT2D eigenvalue weighted by Crippen LogP contribution is -2.23. The average Bonchev–Trinajstić information content (AvgIpc) is 3.06. The molecule has 4 aromatic carbocycles. The van der Waals surface area contributed by atoms with E-state index in [4.69, 9.17) is 11.5 Å². The lowest BCUT2D eigenvalue weighted by atomic mass is 10.1. The van der Waals surface area contributed by atoms with Crippen LogP contribution in [0.5, 0.6) is 0 Å². The number of sulfone groups is 2. The number of carbonyl (C=O) groups excluding carboxylic acids is 4. The van der Waals surface area contributed by atoms with E-state index in [2.05, 4.69) is 10.6 Å². The van der Waals surface area contributed by atoms with Crippen molar-refractivity contribution < 1.29 is 62.0 Å². The number of hydrogen-bond acceptors (Lipinski definition) is 12. The van der Waals surface area contributed by atoms with Gasteiger partial charge in [0.15, 0.2) is 19.7 Å². The number of anilines is 2. The summed E-state index contributed by atoms with van der Waals surface area (Å²) in [6.45, 7) is 0. The molecule has 22 heteroatoms. The molecule has 54 heavy (non-hydrogen) atoms. The summed E-state index contributed by atoms with van der Waals surface area (Å²) in [5.41, 5.74) is 9.13. The molecule has 8 N–H and O–H groups in total. The summed E-state index contributed by atoms with van der Waals surface area (Å²) in [4.78, 5) is 45.7. The van der Waals surface area contributed by atoms with Gasteiger partial charge in [-0.05, 0) is 83.9 Å². The molecular formula is C32H28N4O14S4. The number of hydrogen-bond donors (Lipinski definition) is 6. The van der Waals surface area contributed by atoms with Crippen LogP contribution in [0.15, 0.2) is 105 Å². The monoisotopic (exact) mass is 820 g/mol. The maximum absolute atomic E-state index is 12.8. The summed E-state index contributed by atoms with van der Waals surface area (Å²) >= 11 is 0. The van der Waals surface area contributed by atoms with Gasteiger partial charge < -0.3 is 22.1 Å². The van der Waals surface area contributed by atoms with E-state index in [0.29, 0.717) is 0 Å². The van der Waals surface area contributed by atoms with E-state index in [1.54, 1.807) is 0 Å². The van der Waals surface area contributed by atoms with Gasteiger partial charge in [-0.25, -0.2) is 16.8 Å². The molecular weight excluding hydrogens is 793 g/mol. The number of nitrogens with two attached hydrogens (primary N) is 2. The number of rotatable bonds is 14. The first-order valence-electron chi connectivity index (χ1n) is 14.7. The van der Waals surface area contributed by atoms with Crippen molar-refractivity contribution in [3.8, 4) is 0 Å². The van der Waals surface area contributed by atoms with Gasteiger partial charge in [-0.1, -0.05) is 24.3 Å². The van der Waals surface area contributed by atoms with Gasteiger partial charge in [-0.2, -0.15) is 16.8 Å². The number of carbonyl (C=O) groups is 4. The Kier molecular flexibility index (Phi) is 11.9. The van der Waals surface area contributed by atoms with Crippen LogP contribution >= 0.6 is 0 Å². The van der Waals surface area contributed by atoms with Crippen LogP contribution < -0.4 is 22.1 Å². The van der Waals surface area contributed by atoms with Crippen molar-refractivity contribution in [1.82, 2.24) is 0 Å². The summed E-state index contributed by atoms with van der Waals surface area (Å²) in [5, 5.41) is 4.78. The first kappa shape index (κ1) is 41.0. The highest BCUT2D eigenvalue weighted by Crippen LogP contribution is 2.27. The molecule has 0 bridgehead atoms. The predicted octanol–water partition coefficient (Wildman–Crippen LogP) is 1.37. The number of amides is 4. The van der Waals surface area contributed by atoms with Gasteiger partial charge in [0.2, 0.25) is 11.8 Å². The third-order valence-electron chi connectivity index (χ3n) is 7.16. The van der Waals surface area contributed by atoms with Gasteiger partial charge in [0.1, 0.15) is 21.3 Å². The van der Waals surface area contributed by atoms with E-state index < -0.39 is 84.8 Å². The van der Waals surface area contributed by atoms with Crippen LogP contribution in [0.1, 0.15) is 31.8 Å². The fraction of sp³-hybridized carbons (Fsp3) is 0.0625. The number of benzene rings is 4. The van der Waals surface area contributed by atoms with E-state index >= 15 is 0 Å². The fourth-order valence-corrected chi connectivity index (χ4v) is 8.30. The molecule has 0 atom stereocenters. The summed E-state index contributed by atoms with van der Waals surface area (Å²) in [6, 6.07) is 15.4. The second-order valence-electron chi connectivity index (χ2n) is 11.2. The normalized spacial score (nSPS) is 12.3. The molecule has 284 valence electrons. The zero-order chi connectivity index (χ0) is 40.2. The van der Waals surface area contributed by atoms with Crippen LogP contribution in [0, 0.1) is 0 Å². The maximum Gasteiger partial charge on any atom is 0.295 e. The van der Waals surface area contributed by atoms with Crippen LogP contribution in [0.4, 0.5) is 11.4 Å². The summed E-state index contributed by atoms with van der Waals surface area (Å²) in [7, 11) is -18.0. The molecule has 4 rings (SSSR count). The van der Waals surface area contributed by atoms with Crippen molar-refractivity contribution in [2.75, 3.05) is 22.1 Å². The van der Waals surface area contributed by atoms with Crippen molar-refractivity contribution in [3.63, 3.8) is 0 Å². The van der Waals surface area contributed by atoms with E-state index in [1.807, 2.05) is 0 Å². The molecule has 0 spiro atoms. The number of nitrogens with one attached hydrogen (secondary N) is 2. The van der Waals surface area contributed by atoms with Crippen molar-refractivity contribution in [1.29, 1.82) is 0 Å². The van der Waals surface area contributed by atoms with Crippen LogP contribution in [0.25, 0.3) is 12.2 Å². The second-order valence-corrected chi connectivity index (χ2v) is 18.0. The first-order valence-corrected chi connectivity index (χ1v) is 20.9. The Morgan fingerprint density at radius 1 is 0.519 bits per heavy atom. The zero-order valence-corrected chi connectivity index (χ0v) is 30.5. The van der Waals surface area contributed by atoms with Gasteiger partial charge in [0.25, 0.3) is 32.1 Å². The summed E-state index contributed by atoms with van der Waals surface area (Å²) < 4.78 is 118. The highest BCUT2D eigenvalue weighted by Gasteiger charge is 2.22. The molecule has 0 aromatic heterocycles. The second kappa shape index (κ2) is 15.7. The lowest BCUT2D eigenvalue weighted by Gasteiger charge is -2.11. The Hall–Kier alpha value is -5.78.